The molecule has 1 aliphatic rings. The van der Waals surface area contributed by atoms with Crippen LogP contribution in [0.4, 0.5) is 0 Å². The van der Waals surface area contributed by atoms with Crippen LogP contribution in [0.25, 0.3) is 6.08 Å². The Bertz CT molecular complexity index is 382. The first-order chi connectivity index (χ1) is 6.77. The summed E-state index contributed by atoms with van der Waals surface area (Å²) in [7, 11) is 0. The maximum atomic E-state index is 11.1. The van der Waals surface area contributed by atoms with E-state index in [1.54, 1.807) is 6.92 Å². The molecule has 1 nitrogen and oxygen atoms in total. The summed E-state index contributed by atoms with van der Waals surface area (Å²) in [6.45, 7) is 1.69. The minimum absolute atomic E-state index is 0.152. The monoisotopic (exact) mass is 302 g/mol. The van der Waals surface area contributed by atoms with Gasteiger partial charge in [0.2, 0.25) is 0 Å². The van der Waals surface area contributed by atoms with Gasteiger partial charge in [-0.15, -0.1) is 0 Å². The van der Waals surface area contributed by atoms with Crippen molar-refractivity contribution >= 4 is 32.8 Å². The molecule has 2 rings (SSSR count). The van der Waals surface area contributed by atoms with E-state index in [1.165, 1.54) is 11.1 Å². The zero-order valence-electron chi connectivity index (χ0n) is 8.07. The molecule has 0 fully saturated rings. The Morgan fingerprint density at radius 2 is 2.21 bits per heavy atom. The van der Waals surface area contributed by atoms with Gasteiger partial charge in [0.1, 0.15) is 0 Å². The summed E-state index contributed by atoms with van der Waals surface area (Å²) in [6.07, 6.45) is 2.93. The fourth-order valence-electron chi connectivity index (χ4n) is 1.66. The molecular formula is C12H12OTe. The van der Waals surface area contributed by atoms with Crippen molar-refractivity contribution in [1.29, 1.82) is 0 Å². The number of carbonyl (C=O) groups is 1. The number of fused-ring (bicyclic) bond motifs is 1. The molecule has 2 heteroatoms. The Balaban J connectivity index is 2.31. The summed E-state index contributed by atoms with van der Waals surface area (Å²) in [4.78, 5) is 11.1. The molecule has 1 heterocycles. The van der Waals surface area contributed by atoms with Crippen molar-refractivity contribution in [3.05, 3.63) is 39.5 Å². The van der Waals surface area contributed by atoms with Gasteiger partial charge < -0.3 is 0 Å². The standard InChI is InChI=1S/C12H12OTe/c1-9(13)8-12-11-5-3-2-4-10(11)6-7-14-12/h2-7,12H,8H2,1H3. The van der Waals surface area contributed by atoms with Crippen LogP contribution in [0.3, 0.4) is 0 Å². The van der Waals surface area contributed by atoms with E-state index in [0.717, 1.165) is 6.42 Å². The molecule has 0 aromatic heterocycles. The number of carbonyl (C=O) groups excluding carboxylic acids is 1. The third-order valence-corrected chi connectivity index (χ3v) is 5.28. The van der Waals surface area contributed by atoms with E-state index in [0.29, 0.717) is 9.75 Å². The van der Waals surface area contributed by atoms with Gasteiger partial charge in [0.25, 0.3) is 0 Å². The molecule has 0 spiro atoms. The zero-order chi connectivity index (χ0) is 9.97. The number of hydrogen-bond acceptors (Lipinski definition) is 1. The van der Waals surface area contributed by atoms with Crippen LogP contribution in [0.15, 0.2) is 28.4 Å². The zero-order valence-corrected chi connectivity index (χ0v) is 10.4. The molecule has 0 aliphatic carbocycles. The van der Waals surface area contributed by atoms with Gasteiger partial charge in [-0.1, -0.05) is 0 Å². The van der Waals surface area contributed by atoms with E-state index in [1.807, 2.05) is 0 Å². The van der Waals surface area contributed by atoms with Gasteiger partial charge in [-0.05, 0) is 0 Å². The third-order valence-electron chi connectivity index (χ3n) is 2.31. The van der Waals surface area contributed by atoms with Crippen molar-refractivity contribution in [1.82, 2.24) is 0 Å². The SMILES string of the molecule is CC(=O)CC1[Te]C=Cc2ccccc21. The van der Waals surface area contributed by atoms with Crippen molar-refractivity contribution in [3.63, 3.8) is 0 Å². The van der Waals surface area contributed by atoms with Crippen LogP contribution in [-0.4, -0.2) is 26.7 Å². The Kier molecular flexibility index (Phi) is 3.05. The maximum absolute atomic E-state index is 11.1. The topological polar surface area (TPSA) is 17.1 Å². The summed E-state index contributed by atoms with van der Waals surface area (Å²) >= 11 is -0.152. The molecule has 14 heavy (non-hydrogen) atoms. The van der Waals surface area contributed by atoms with Crippen molar-refractivity contribution in [3.8, 4) is 0 Å². The Morgan fingerprint density at radius 1 is 1.43 bits per heavy atom. The van der Waals surface area contributed by atoms with Crippen molar-refractivity contribution < 1.29 is 4.79 Å². The number of rotatable bonds is 2. The van der Waals surface area contributed by atoms with Crippen LogP contribution in [0, 0.1) is 0 Å². The molecule has 1 aliphatic heterocycles. The first kappa shape index (κ1) is 9.96. The molecule has 0 saturated heterocycles. The van der Waals surface area contributed by atoms with Crippen LogP contribution < -0.4 is 0 Å². The van der Waals surface area contributed by atoms with E-state index >= 15 is 0 Å². The van der Waals surface area contributed by atoms with E-state index < -0.39 is 0 Å². The molecular weight excluding hydrogens is 288 g/mol. The number of hydrogen-bond donors (Lipinski definition) is 0. The molecule has 1 unspecified atom stereocenters. The van der Waals surface area contributed by atoms with E-state index in [4.69, 9.17) is 0 Å². The molecule has 0 radical (unpaired) electrons. The predicted molar refractivity (Wildman–Crippen MR) is 59.3 cm³/mol. The molecule has 0 saturated carbocycles. The van der Waals surface area contributed by atoms with Gasteiger partial charge in [0.05, 0.1) is 0 Å². The van der Waals surface area contributed by atoms with Gasteiger partial charge in [-0.25, -0.2) is 0 Å². The number of ketones is 1. The number of Topliss-reactive ketones (excluding diaryl/α,β-unsaturated/α-hetero) is 1. The van der Waals surface area contributed by atoms with Crippen molar-refractivity contribution in [2.45, 2.75) is 17.3 Å². The van der Waals surface area contributed by atoms with Gasteiger partial charge in [0.15, 0.2) is 0 Å². The summed E-state index contributed by atoms with van der Waals surface area (Å²) in [5.41, 5.74) is 2.68. The van der Waals surface area contributed by atoms with Crippen molar-refractivity contribution in [2.24, 2.45) is 0 Å². The van der Waals surface area contributed by atoms with Crippen LogP contribution >= 0.6 is 0 Å². The van der Waals surface area contributed by atoms with Crippen LogP contribution in [0.5, 0.6) is 0 Å². The summed E-state index contributed by atoms with van der Waals surface area (Å²) < 4.78 is 2.82. The fourth-order valence-corrected chi connectivity index (χ4v) is 4.82. The quantitative estimate of drug-likeness (QED) is 0.767. The first-order valence-corrected chi connectivity index (χ1v) is 7.37. The second-order valence-corrected chi connectivity index (χ2v) is 6.64. The van der Waals surface area contributed by atoms with Gasteiger partial charge >= 0.3 is 94.4 Å². The molecule has 1 atom stereocenters. The van der Waals surface area contributed by atoms with Crippen molar-refractivity contribution in [2.75, 3.05) is 0 Å². The van der Waals surface area contributed by atoms with Gasteiger partial charge in [0, 0.05) is 0 Å². The van der Waals surface area contributed by atoms with Gasteiger partial charge in [-0.3, -0.25) is 0 Å². The van der Waals surface area contributed by atoms with E-state index in [-0.39, 0.29) is 20.9 Å². The Labute approximate surface area is 94.3 Å². The second kappa shape index (κ2) is 4.29. The van der Waals surface area contributed by atoms with Crippen LogP contribution in [-0.2, 0) is 4.79 Å². The van der Waals surface area contributed by atoms with E-state index in [2.05, 4.69) is 34.5 Å². The van der Waals surface area contributed by atoms with Crippen LogP contribution in [0.1, 0.15) is 28.4 Å². The molecule has 0 amide bonds. The van der Waals surface area contributed by atoms with Crippen LogP contribution in [0.2, 0.25) is 0 Å². The Hall–Kier alpha value is -0.580. The molecule has 72 valence electrons. The number of benzene rings is 1. The predicted octanol–water partition coefficient (Wildman–Crippen LogP) is 2.40. The third kappa shape index (κ3) is 2.08. The average Bonchev–Trinajstić information content (AvgIpc) is 2.18. The average molecular weight is 300 g/mol. The Morgan fingerprint density at radius 3 is 3.00 bits per heavy atom. The molecule has 0 N–H and O–H groups in total. The summed E-state index contributed by atoms with van der Waals surface area (Å²) in [6, 6.07) is 8.42. The molecule has 1 aromatic carbocycles. The fraction of sp³-hybridized carbons (Fsp3) is 0.250. The van der Waals surface area contributed by atoms with Gasteiger partial charge in [-0.2, -0.15) is 0 Å². The first-order valence-electron chi connectivity index (χ1n) is 4.68. The second-order valence-electron chi connectivity index (χ2n) is 3.46. The summed E-state index contributed by atoms with van der Waals surface area (Å²) in [5.74, 6) is 0.310. The summed E-state index contributed by atoms with van der Waals surface area (Å²) in [5, 5.41) is 0. The van der Waals surface area contributed by atoms with E-state index in [9.17, 15) is 4.79 Å². The molecule has 1 aromatic rings. The minimum atomic E-state index is -0.152. The molecule has 0 bridgehead atoms. The normalized spacial score (nSPS) is 19.1.